The number of aliphatic hydroxyl groups excluding tert-OH is 1. The third-order valence-electron chi connectivity index (χ3n) is 3.18. The van der Waals surface area contributed by atoms with Gasteiger partial charge in [0.25, 0.3) is 0 Å². The second-order valence-electron chi connectivity index (χ2n) is 4.70. The summed E-state index contributed by atoms with van der Waals surface area (Å²) in [4.78, 5) is 6.04. The van der Waals surface area contributed by atoms with E-state index in [0.717, 1.165) is 12.1 Å². The van der Waals surface area contributed by atoms with Gasteiger partial charge in [0.05, 0.1) is 6.61 Å². The second-order valence-corrected chi connectivity index (χ2v) is 4.70. The van der Waals surface area contributed by atoms with E-state index in [1.807, 2.05) is 36.5 Å². The first-order valence-electron chi connectivity index (χ1n) is 6.77. The molecule has 20 heavy (non-hydrogen) atoms. The lowest BCUT2D eigenvalue weighted by Gasteiger charge is -2.17. The van der Waals surface area contributed by atoms with Crippen LogP contribution in [-0.2, 0) is 6.42 Å². The van der Waals surface area contributed by atoms with Gasteiger partial charge in [0.15, 0.2) is 0 Å². The van der Waals surface area contributed by atoms with E-state index in [1.54, 1.807) is 0 Å². The Morgan fingerprint density at radius 1 is 1.10 bits per heavy atom. The van der Waals surface area contributed by atoms with Crippen LogP contribution in [0.1, 0.15) is 11.1 Å². The van der Waals surface area contributed by atoms with Gasteiger partial charge >= 0.3 is 0 Å². The molecule has 0 radical (unpaired) electrons. The number of hydrogen-bond donors (Lipinski definition) is 1. The van der Waals surface area contributed by atoms with E-state index in [4.69, 9.17) is 5.11 Å². The van der Waals surface area contributed by atoms with Gasteiger partial charge in [-0.25, -0.2) is 0 Å². The SMILES string of the molecule is CN(CCO)c1ccc(C=CCc2ccncc2)cc1. The van der Waals surface area contributed by atoms with Crippen molar-refractivity contribution in [3.63, 3.8) is 0 Å². The number of benzene rings is 1. The van der Waals surface area contributed by atoms with Gasteiger partial charge in [0.2, 0.25) is 0 Å². The van der Waals surface area contributed by atoms with Crippen molar-refractivity contribution in [3.05, 3.63) is 66.0 Å². The topological polar surface area (TPSA) is 36.4 Å². The summed E-state index contributed by atoms with van der Waals surface area (Å²) in [6.45, 7) is 0.821. The minimum Gasteiger partial charge on any atom is -0.395 e. The Bertz CT molecular complexity index is 535. The van der Waals surface area contributed by atoms with E-state index < -0.39 is 0 Å². The van der Waals surface area contributed by atoms with Crippen molar-refractivity contribution < 1.29 is 5.11 Å². The van der Waals surface area contributed by atoms with E-state index in [0.29, 0.717) is 6.54 Å². The summed E-state index contributed by atoms with van der Waals surface area (Å²) >= 11 is 0. The Hall–Kier alpha value is -2.13. The van der Waals surface area contributed by atoms with E-state index in [9.17, 15) is 0 Å². The lowest BCUT2D eigenvalue weighted by molar-refractivity contribution is 0.304. The molecule has 2 aromatic rings. The molecule has 0 spiro atoms. The fourth-order valence-electron chi connectivity index (χ4n) is 1.97. The highest BCUT2D eigenvalue weighted by atomic mass is 16.3. The van der Waals surface area contributed by atoms with E-state index in [2.05, 4.69) is 41.4 Å². The average Bonchev–Trinajstić information content (AvgIpc) is 2.49. The summed E-state index contributed by atoms with van der Waals surface area (Å²) in [5.41, 5.74) is 3.56. The van der Waals surface area contributed by atoms with Crippen molar-refractivity contribution in [1.29, 1.82) is 0 Å². The Labute approximate surface area is 120 Å². The largest absolute Gasteiger partial charge is 0.395 e. The molecule has 0 atom stereocenters. The molecular formula is C17H20N2O. The number of hydrogen-bond acceptors (Lipinski definition) is 3. The van der Waals surface area contributed by atoms with Crippen molar-refractivity contribution in [1.82, 2.24) is 4.98 Å². The van der Waals surface area contributed by atoms with Crippen molar-refractivity contribution in [2.24, 2.45) is 0 Å². The van der Waals surface area contributed by atoms with Crippen LogP contribution >= 0.6 is 0 Å². The van der Waals surface area contributed by atoms with Gasteiger partial charge in [-0.15, -0.1) is 0 Å². The quantitative estimate of drug-likeness (QED) is 0.875. The van der Waals surface area contributed by atoms with Crippen LogP contribution in [0.5, 0.6) is 0 Å². The zero-order chi connectivity index (χ0) is 14.2. The number of anilines is 1. The van der Waals surface area contributed by atoms with Crippen LogP contribution in [0.2, 0.25) is 0 Å². The van der Waals surface area contributed by atoms with Gasteiger partial charge in [0.1, 0.15) is 0 Å². The van der Waals surface area contributed by atoms with Crippen molar-refractivity contribution >= 4 is 11.8 Å². The summed E-state index contributed by atoms with van der Waals surface area (Å²) in [5.74, 6) is 0. The van der Waals surface area contributed by atoms with Gasteiger partial charge in [0, 0.05) is 31.7 Å². The maximum atomic E-state index is 8.92. The molecule has 0 amide bonds. The highest BCUT2D eigenvalue weighted by Crippen LogP contribution is 2.14. The molecule has 2 rings (SSSR count). The summed E-state index contributed by atoms with van der Waals surface area (Å²) in [6, 6.07) is 12.4. The van der Waals surface area contributed by atoms with Crippen LogP contribution in [-0.4, -0.2) is 30.3 Å². The fraction of sp³-hybridized carbons (Fsp3) is 0.235. The monoisotopic (exact) mass is 268 g/mol. The molecule has 0 aliphatic heterocycles. The number of nitrogens with zero attached hydrogens (tertiary/aromatic N) is 2. The molecule has 1 aromatic heterocycles. The summed E-state index contributed by atoms with van der Waals surface area (Å²) < 4.78 is 0. The molecule has 0 aliphatic rings. The Morgan fingerprint density at radius 2 is 1.80 bits per heavy atom. The molecule has 1 heterocycles. The number of allylic oxidation sites excluding steroid dienone is 1. The summed E-state index contributed by atoms with van der Waals surface area (Å²) in [6.07, 6.45) is 8.82. The maximum Gasteiger partial charge on any atom is 0.0606 e. The van der Waals surface area contributed by atoms with Gasteiger partial charge < -0.3 is 10.0 Å². The highest BCUT2D eigenvalue weighted by Gasteiger charge is 1.98. The minimum absolute atomic E-state index is 0.171. The normalized spacial score (nSPS) is 10.9. The lowest BCUT2D eigenvalue weighted by atomic mass is 10.1. The van der Waals surface area contributed by atoms with Crippen molar-refractivity contribution in [3.8, 4) is 0 Å². The first-order valence-corrected chi connectivity index (χ1v) is 6.77. The van der Waals surface area contributed by atoms with Crippen LogP contribution in [0.25, 0.3) is 6.08 Å². The Morgan fingerprint density at radius 3 is 2.45 bits per heavy atom. The third-order valence-corrected chi connectivity index (χ3v) is 3.18. The number of aliphatic hydroxyl groups is 1. The first kappa shape index (κ1) is 14.3. The third kappa shape index (κ3) is 4.21. The zero-order valence-corrected chi connectivity index (χ0v) is 11.7. The molecule has 1 N–H and O–H groups in total. The molecule has 1 aromatic carbocycles. The smallest absolute Gasteiger partial charge is 0.0606 e. The van der Waals surface area contributed by atoms with Crippen LogP contribution < -0.4 is 4.90 Å². The molecule has 3 nitrogen and oxygen atoms in total. The number of pyridine rings is 1. The molecular weight excluding hydrogens is 248 g/mol. The molecule has 104 valence electrons. The molecule has 0 fully saturated rings. The minimum atomic E-state index is 0.171. The standard InChI is InChI=1S/C17H20N2O/c1-19(13-14-20)17-7-5-15(6-8-17)3-2-4-16-9-11-18-12-10-16/h2-3,5-12,20H,4,13-14H2,1H3. The van der Waals surface area contributed by atoms with Gasteiger partial charge in [-0.05, 0) is 41.8 Å². The molecule has 0 bridgehead atoms. The lowest BCUT2D eigenvalue weighted by Crippen LogP contribution is -2.20. The Kier molecular flexibility index (Phi) is 5.33. The predicted octanol–water partition coefficient (Wildman–Crippen LogP) is 2.77. The molecule has 0 unspecified atom stereocenters. The van der Waals surface area contributed by atoms with Crippen LogP contribution in [0, 0.1) is 0 Å². The molecule has 3 heteroatoms. The average molecular weight is 268 g/mol. The second kappa shape index (κ2) is 7.46. The van der Waals surface area contributed by atoms with E-state index in [-0.39, 0.29) is 6.61 Å². The van der Waals surface area contributed by atoms with Crippen molar-refractivity contribution in [2.45, 2.75) is 6.42 Å². The van der Waals surface area contributed by atoms with Crippen LogP contribution in [0.15, 0.2) is 54.9 Å². The van der Waals surface area contributed by atoms with Crippen LogP contribution in [0.4, 0.5) is 5.69 Å². The first-order chi connectivity index (χ1) is 9.79. The highest BCUT2D eigenvalue weighted by molar-refractivity contribution is 5.56. The molecule has 0 aliphatic carbocycles. The number of rotatable bonds is 6. The number of aromatic nitrogens is 1. The summed E-state index contributed by atoms with van der Waals surface area (Å²) in [5, 5.41) is 8.92. The molecule has 0 saturated heterocycles. The van der Waals surface area contributed by atoms with Crippen LogP contribution in [0.3, 0.4) is 0 Å². The van der Waals surface area contributed by atoms with E-state index in [1.165, 1.54) is 11.1 Å². The van der Waals surface area contributed by atoms with Gasteiger partial charge in [-0.2, -0.15) is 0 Å². The van der Waals surface area contributed by atoms with Crippen molar-refractivity contribution in [2.75, 3.05) is 25.1 Å². The Balaban J connectivity index is 1.93. The maximum absolute atomic E-state index is 8.92. The summed E-state index contributed by atoms with van der Waals surface area (Å²) in [7, 11) is 1.98. The predicted molar refractivity (Wildman–Crippen MR) is 83.8 cm³/mol. The van der Waals surface area contributed by atoms with Gasteiger partial charge in [-0.3, -0.25) is 4.98 Å². The fourth-order valence-corrected chi connectivity index (χ4v) is 1.97. The van der Waals surface area contributed by atoms with Gasteiger partial charge in [-0.1, -0.05) is 24.3 Å². The number of likely N-dealkylation sites (N-methyl/N-ethyl adjacent to an activating group) is 1. The van der Waals surface area contributed by atoms with E-state index >= 15 is 0 Å². The zero-order valence-electron chi connectivity index (χ0n) is 11.7. The molecule has 0 saturated carbocycles.